The third-order valence-corrected chi connectivity index (χ3v) is 2.59. The van der Waals surface area contributed by atoms with Gasteiger partial charge in [0.2, 0.25) is 0 Å². The summed E-state index contributed by atoms with van der Waals surface area (Å²) < 4.78 is 42.5. The molecule has 2 N–H and O–H groups in total. The van der Waals surface area contributed by atoms with Crippen molar-refractivity contribution in [3.05, 3.63) is 28.8 Å². The third kappa shape index (κ3) is 5.43. The number of aliphatic hydroxyl groups excluding tert-OH is 1. The molecule has 1 aromatic rings. The Balaban J connectivity index is 2.95. The van der Waals surface area contributed by atoms with Gasteiger partial charge in [0.15, 0.2) is 6.10 Å². The molecule has 1 atom stereocenters. The first kappa shape index (κ1) is 17.6. The zero-order valence-corrected chi connectivity index (χ0v) is 12.3. The topological polar surface area (TPSA) is 58.6 Å². The van der Waals surface area contributed by atoms with Crippen LogP contribution in [-0.2, 0) is 4.74 Å². The van der Waals surface area contributed by atoms with Crippen LogP contribution >= 0.6 is 11.6 Å². The van der Waals surface area contributed by atoms with Crippen LogP contribution in [-0.4, -0.2) is 23.0 Å². The summed E-state index contributed by atoms with van der Waals surface area (Å²) in [5, 5.41) is 11.2. The molecular weight excluding hydrogens is 311 g/mol. The maximum atomic E-state index is 12.5. The van der Waals surface area contributed by atoms with E-state index >= 15 is 0 Å². The Hall–Kier alpha value is -1.47. The Kier molecular flexibility index (Phi) is 5.11. The first-order valence-corrected chi connectivity index (χ1v) is 6.32. The second-order valence-electron chi connectivity index (χ2n) is 5.31. The van der Waals surface area contributed by atoms with Crippen molar-refractivity contribution in [2.24, 2.45) is 0 Å². The van der Waals surface area contributed by atoms with Gasteiger partial charge in [-0.05, 0) is 39.0 Å². The van der Waals surface area contributed by atoms with Crippen LogP contribution in [0.5, 0.6) is 0 Å². The Morgan fingerprint density at radius 2 is 1.90 bits per heavy atom. The van der Waals surface area contributed by atoms with Gasteiger partial charge in [0, 0.05) is 16.3 Å². The van der Waals surface area contributed by atoms with E-state index in [9.17, 15) is 23.1 Å². The minimum absolute atomic E-state index is 0.0342. The zero-order chi connectivity index (χ0) is 16.4. The number of rotatable bonds is 2. The minimum atomic E-state index is -4.85. The summed E-state index contributed by atoms with van der Waals surface area (Å²) in [6.45, 7) is 4.94. The molecule has 0 fully saturated rings. The van der Waals surface area contributed by atoms with Crippen LogP contribution < -0.4 is 5.32 Å². The highest BCUT2D eigenvalue weighted by atomic mass is 35.5. The maximum absolute atomic E-state index is 12.5. The summed E-state index contributed by atoms with van der Waals surface area (Å²) in [6.07, 6.45) is -8.41. The number of nitrogens with one attached hydrogen (secondary N) is 1. The van der Waals surface area contributed by atoms with Gasteiger partial charge >= 0.3 is 12.3 Å². The van der Waals surface area contributed by atoms with Crippen molar-refractivity contribution in [1.82, 2.24) is 0 Å². The molecule has 8 heteroatoms. The third-order valence-electron chi connectivity index (χ3n) is 2.25. The molecule has 21 heavy (non-hydrogen) atoms. The number of hydrogen-bond donors (Lipinski definition) is 2. The number of carbonyl (C=O) groups excluding carboxylic acids is 1. The van der Waals surface area contributed by atoms with Crippen LogP contribution in [0.4, 0.5) is 23.7 Å². The lowest BCUT2D eigenvalue weighted by Crippen LogP contribution is -2.27. The summed E-state index contributed by atoms with van der Waals surface area (Å²) >= 11 is 5.64. The van der Waals surface area contributed by atoms with Crippen LogP contribution in [0.1, 0.15) is 32.4 Å². The van der Waals surface area contributed by atoms with Crippen molar-refractivity contribution in [3.63, 3.8) is 0 Å². The van der Waals surface area contributed by atoms with E-state index in [0.29, 0.717) is 0 Å². The van der Waals surface area contributed by atoms with Crippen molar-refractivity contribution < 1.29 is 27.8 Å². The zero-order valence-electron chi connectivity index (χ0n) is 11.6. The van der Waals surface area contributed by atoms with E-state index in [4.69, 9.17) is 16.3 Å². The fourth-order valence-corrected chi connectivity index (χ4v) is 1.65. The van der Waals surface area contributed by atoms with Gasteiger partial charge in [-0.15, -0.1) is 0 Å². The molecule has 1 rings (SSSR count). The van der Waals surface area contributed by atoms with Crippen LogP contribution in [0.15, 0.2) is 18.2 Å². The number of ether oxygens (including phenoxy) is 1. The van der Waals surface area contributed by atoms with Gasteiger partial charge in [-0.2, -0.15) is 13.2 Å². The molecular formula is C13H15ClF3NO3. The number of hydrogen-bond acceptors (Lipinski definition) is 3. The van der Waals surface area contributed by atoms with Gasteiger partial charge in [0.05, 0.1) is 0 Å². The van der Waals surface area contributed by atoms with E-state index in [2.05, 4.69) is 5.32 Å². The minimum Gasteiger partial charge on any atom is -0.444 e. The second kappa shape index (κ2) is 6.11. The van der Waals surface area contributed by atoms with E-state index in [0.717, 1.165) is 12.1 Å². The van der Waals surface area contributed by atoms with Crippen molar-refractivity contribution in [1.29, 1.82) is 0 Å². The first-order valence-electron chi connectivity index (χ1n) is 5.94. The van der Waals surface area contributed by atoms with E-state index in [-0.39, 0.29) is 10.7 Å². The molecule has 0 saturated carbocycles. The normalized spacial score (nSPS) is 13.7. The van der Waals surface area contributed by atoms with E-state index in [1.54, 1.807) is 20.8 Å². The number of alkyl halides is 3. The molecule has 0 aliphatic rings. The fraction of sp³-hybridized carbons (Fsp3) is 0.462. The lowest BCUT2D eigenvalue weighted by Gasteiger charge is -2.20. The van der Waals surface area contributed by atoms with Gasteiger partial charge in [-0.25, -0.2) is 4.79 Å². The molecule has 0 aliphatic carbocycles. The lowest BCUT2D eigenvalue weighted by molar-refractivity contribution is -0.206. The van der Waals surface area contributed by atoms with Gasteiger partial charge in [0.25, 0.3) is 0 Å². The molecule has 0 unspecified atom stereocenters. The first-order chi connectivity index (χ1) is 9.40. The summed E-state index contributed by atoms with van der Waals surface area (Å²) in [4.78, 5) is 11.5. The number of aliphatic hydroxyl groups is 1. The van der Waals surface area contributed by atoms with E-state index < -0.39 is 29.5 Å². The van der Waals surface area contributed by atoms with E-state index in [1.165, 1.54) is 6.07 Å². The Morgan fingerprint density at radius 3 is 2.38 bits per heavy atom. The quantitative estimate of drug-likeness (QED) is 0.853. The SMILES string of the molecule is CC(C)(C)OC(=O)Nc1ccc(Cl)c([C@@H](O)C(F)(F)F)c1. The molecule has 0 aromatic heterocycles. The predicted molar refractivity (Wildman–Crippen MR) is 72.3 cm³/mol. The van der Waals surface area contributed by atoms with Crippen molar-refractivity contribution >= 4 is 23.4 Å². The molecule has 118 valence electrons. The average molecular weight is 326 g/mol. The highest BCUT2D eigenvalue weighted by Gasteiger charge is 2.40. The second-order valence-corrected chi connectivity index (χ2v) is 5.71. The number of amides is 1. The average Bonchev–Trinajstić information content (AvgIpc) is 2.27. The van der Waals surface area contributed by atoms with E-state index in [1.807, 2.05) is 0 Å². The van der Waals surface area contributed by atoms with Crippen LogP contribution in [0, 0.1) is 0 Å². The monoisotopic (exact) mass is 325 g/mol. The fourth-order valence-electron chi connectivity index (χ4n) is 1.43. The predicted octanol–water partition coefficient (Wildman–Crippen LogP) is 4.28. The molecule has 0 aliphatic heterocycles. The number of anilines is 1. The maximum Gasteiger partial charge on any atom is 0.418 e. The van der Waals surface area contributed by atoms with Crippen LogP contribution in [0.2, 0.25) is 5.02 Å². The Labute approximate surface area is 124 Å². The van der Waals surface area contributed by atoms with Gasteiger partial charge in [-0.3, -0.25) is 5.32 Å². The molecule has 0 heterocycles. The molecule has 0 bridgehead atoms. The summed E-state index contributed by atoms with van der Waals surface area (Å²) in [7, 11) is 0. The summed E-state index contributed by atoms with van der Waals surface area (Å²) in [6, 6.07) is 3.40. The molecule has 0 radical (unpaired) electrons. The van der Waals surface area contributed by atoms with Crippen LogP contribution in [0.25, 0.3) is 0 Å². The highest BCUT2D eigenvalue weighted by Crippen LogP contribution is 2.37. The smallest absolute Gasteiger partial charge is 0.418 e. The number of halogens is 4. The largest absolute Gasteiger partial charge is 0.444 e. The summed E-state index contributed by atoms with van der Waals surface area (Å²) in [5.74, 6) is 0. The van der Waals surface area contributed by atoms with Crippen molar-refractivity contribution in [2.75, 3.05) is 5.32 Å². The van der Waals surface area contributed by atoms with Gasteiger partial charge < -0.3 is 9.84 Å². The van der Waals surface area contributed by atoms with Crippen molar-refractivity contribution in [2.45, 2.75) is 38.7 Å². The number of carbonyl (C=O) groups is 1. The Bertz CT molecular complexity index is 526. The number of benzene rings is 1. The van der Waals surface area contributed by atoms with Gasteiger partial charge in [0.1, 0.15) is 5.60 Å². The standard InChI is InChI=1S/C13H15ClF3NO3/c1-12(2,3)21-11(20)18-7-4-5-9(14)8(6-7)10(19)13(15,16)17/h4-6,10,19H,1-3H3,(H,18,20)/t10-/m1/s1. The van der Waals surface area contributed by atoms with Gasteiger partial charge in [-0.1, -0.05) is 11.6 Å². The molecule has 0 spiro atoms. The molecule has 1 amide bonds. The van der Waals surface area contributed by atoms with Crippen LogP contribution in [0.3, 0.4) is 0 Å². The molecule has 0 saturated heterocycles. The molecule has 4 nitrogen and oxygen atoms in total. The molecule has 1 aromatic carbocycles. The lowest BCUT2D eigenvalue weighted by atomic mass is 10.1. The van der Waals surface area contributed by atoms with Crippen molar-refractivity contribution in [3.8, 4) is 0 Å². The summed E-state index contributed by atoms with van der Waals surface area (Å²) in [5.41, 5.74) is -1.25. The highest BCUT2D eigenvalue weighted by molar-refractivity contribution is 6.31. The Morgan fingerprint density at radius 1 is 1.33 bits per heavy atom.